The number of imide groups is 1. The monoisotopic (exact) mass is 386 g/mol. The Bertz CT molecular complexity index is 782. The zero-order valence-electron chi connectivity index (χ0n) is 16.1. The van der Waals surface area contributed by atoms with Crippen LogP contribution in [-0.2, 0) is 9.59 Å². The summed E-state index contributed by atoms with van der Waals surface area (Å²) in [5, 5.41) is 2.82. The Balaban J connectivity index is 1.36. The molecule has 8 nitrogen and oxygen atoms in total. The highest BCUT2D eigenvalue weighted by molar-refractivity contribution is 6.09. The molecule has 0 radical (unpaired) electrons. The third-order valence-electron chi connectivity index (χ3n) is 6.05. The number of urea groups is 1. The standard InChI is InChI=1S/C20H26N4O4/c1-28-16-7-3-2-6-15(16)22-10-12-23(13-11-22)17(25)14-24-18(26)20(21-19(24)27)8-4-5-9-20/h2-3,6-7H,4-5,8-14H2,1H3,(H,21,27). The lowest BCUT2D eigenvalue weighted by Crippen LogP contribution is -2.52. The van der Waals surface area contributed by atoms with Crippen LogP contribution in [0.1, 0.15) is 25.7 Å². The van der Waals surface area contributed by atoms with Gasteiger partial charge in [0.15, 0.2) is 0 Å². The number of piperazine rings is 1. The molecule has 4 amide bonds. The van der Waals surface area contributed by atoms with Crippen molar-refractivity contribution >= 4 is 23.5 Å². The number of nitrogens with zero attached hydrogens (tertiary/aromatic N) is 3. The van der Waals surface area contributed by atoms with Crippen LogP contribution in [0, 0.1) is 0 Å². The second-order valence-electron chi connectivity index (χ2n) is 7.65. The first-order valence-corrected chi connectivity index (χ1v) is 9.84. The highest BCUT2D eigenvalue weighted by Crippen LogP contribution is 2.35. The van der Waals surface area contributed by atoms with Crippen molar-refractivity contribution in [2.24, 2.45) is 0 Å². The first kappa shape index (κ1) is 18.6. The molecule has 2 aliphatic heterocycles. The SMILES string of the molecule is COc1ccccc1N1CCN(C(=O)CN2C(=O)NC3(CCCC3)C2=O)CC1. The zero-order valence-corrected chi connectivity index (χ0v) is 16.1. The van der Waals surface area contributed by atoms with E-state index in [1.165, 1.54) is 0 Å². The molecule has 1 aromatic carbocycles. The maximum atomic E-state index is 12.7. The van der Waals surface area contributed by atoms with Gasteiger partial charge in [-0.15, -0.1) is 0 Å². The minimum Gasteiger partial charge on any atom is -0.495 e. The minimum absolute atomic E-state index is 0.179. The van der Waals surface area contributed by atoms with Crippen molar-refractivity contribution in [1.29, 1.82) is 0 Å². The lowest BCUT2D eigenvalue weighted by Gasteiger charge is -2.37. The third-order valence-corrected chi connectivity index (χ3v) is 6.05. The van der Waals surface area contributed by atoms with Crippen LogP contribution in [-0.4, -0.2) is 73.0 Å². The summed E-state index contributed by atoms with van der Waals surface area (Å²) in [6.45, 7) is 2.27. The van der Waals surface area contributed by atoms with Crippen molar-refractivity contribution < 1.29 is 19.1 Å². The molecule has 0 unspecified atom stereocenters. The summed E-state index contributed by atoms with van der Waals surface area (Å²) < 4.78 is 5.42. The Morgan fingerprint density at radius 3 is 2.46 bits per heavy atom. The van der Waals surface area contributed by atoms with E-state index in [-0.39, 0.29) is 18.4 Å². The fraction of sp³-hybridized carbons (Fsp3) is 0.550. The van der Waals surface area contributed by atoms with E-state index < -0.39 is 11.6 Å². The van der Waals surface area contributed by atoms with Crippen molar-refractivity contribution in [2.45, 2.75) is 31.2 Å². The normalized spacial score (nSPS) is 21.4. The van der Waals surface area contributed by atoms with Crippen LogP contribution in [0.5, 0.6) is 5.75 Å². The average Bonchev–Trinajstić information content (AvgIpc) is 3.28. The van der Waals surface area contributed by atoms with E-state index in [9.17, 15) is 14.4 Å². The number of carbonyl (C=O) groups excluding carboxylic acids is 3. The Morgan fingerprint density at radius 2 is 1.79 bits per heavy atom. The van der Waals surface area contributed by atoms with Gasteiger partial charge in [0, 0.05) is 26.2 Å². The van der Waals surface area contributed by atoms with E-state index in [4.69, 9.17) is 4.74 Å². The number of methoxy groups -OCH3 is 1. The molecule has 0 atom stereocenters. The second kappa shape index (κ2) is 7.33. The summed E-state index contributed by atoms with van der Waals surface area (Å²) >= 11 is 0. The second-order valence-corrected chi connectivity index (χ2v) is 7.65. The fourth-order valence-corrected chi connectivity index (χ4v) is 4.46. The molecule has 28 heavy (non-hydrogen) atoms. The minimum atomic E-state index is -0.764. The van der Waals surface area contributed by atoms with E-state index in [2.05, 4.69) is 10.2 Å². The van der Waals surface area contributed by atoms with E-state index in [1.54, 1.807) is 12.0 Å². The fourth-order valence-electron chi connectivity index (χ4n) is 4.46. The van der Waals surface area contributed by atoms with Crippen LogP contribution in [0.2, 0.25) is 0 Å². The van der Waals surface area contributed by atoms with Gasteiger partial charge in [-0.25, -0.2) is 4.79 Å². The molecule has 1 N–H and O–H groups in total. The molecule has 1 saturated carbocycles. The van der Waals surface area contributed by atoms with Gasteiger partial charge < -0.3 is 19.9 Å². The van der Waals surface area contributed by atoms with Crippen LogP contribution in [0.3, 0.4) is 0 Å². The largest absolute Gasteiger partial charge is 0.495 e. The van der Waals surface area contributed by atoms with Crippen molar-refractivity contribution in [1.82, 2.24) is 15.1 Å². The van der Waals surface area contributed by atoms with Gasteiger partial charge in [0.1, 0.15) is 17.8 Å². The summed E-state index contributed by atoms with van der Waals surface area (Å²) in [5.74, 6) is 0.387. The van der Waals surface area contributed by atoms with Crippen molar-refractivity contribution in [3.8, 4) is 5.75 Å². The van der Waals surface area contributed by atoms with E-state index in [0.717, 1.165) is 29.2 Å². The Labute approximate surface area is 164 Å². The van der Waals surface area contributed by atoms with E-state index in [1.807, 2.05) is 24.3 Å². The molecular weight excluding hydrogens is 360 g/mol. The van der Waals surface area contributed by atoms with Crippen LogP contribution in [0.15, 0.2) is 24.3 Å². The summed E-state index contributed by atoms with van der Waals surface area (Å²) in [7, 11) is 1.65. The number of hydrogen-bond donors (Lipinski definition) is 1. The van der Waals surface area contributed by atoms with Crippen LogP contribution >= 0.6 is 0 Å². The van der Waals surface area contributed by atoms with E-state index in [0.29, 0.717) is 39.0 Å². The molecule has 8 heteroatoms. The lowest BCUT2D eigenvalue weighted by atomic mass is 9.98. The Kier molecular flexibility index (Phi) is 4.87. The number of rotatable bonds is 4. The highest BCUT2D eigenvalue weighted by Gasteiger charge is 2.52. The molecule has 0 bridgehead atoms. The van der Waals surface area contributed by atoms with Crippen LogP contribution in [0.25, 0.3) is 0 Å². The molecular formula is C20H26N4O4. The molecule has 3 aliphatic rings. The number of carbonyl (C=O) groups is 3. The molecule has 150 valence electrons. The summed E-state index contributed by atoms with van der Waals surface area (Å²) in [5.41, 5.74) is 0.245. The molecule has 1 aromatic rings. The van der Waals surface area contributed by atoms with Crippen molar-refractivity contribution in [3.63, 3.8) is 0 Å². The highest BCUT2D eigenvalue weighted by atomic mass is 16.5. The molecule has 4 rings (SSSR count). The summed E-state index contributed by atoms with van der Waals surface area (Å²) in [6.07, 6.45) is 3.19. The number of ether oxygens (including phenoxy) is 1. The first-order valence-electron chi connectivity index (χ1n) is 9.84. The van der Waals surface area contributed by atoms with Crippen molar-refractivity contribution in [2.75, 3.05) is 44.7 Å². The third kappa shape index (κ3) is 3.16. The molecule has 3 fully saturated rings. The molecule has 2 saturated heterocycles. The maximum Gasteiger partial charge on any atom is 0.325 e. The number of para-hydroxylation sites is 2. The number of benzene rings is 1. The number of amides is 4. The predicted octanol–water partition coefficient (Wildman–Crippen LogP) is 1.21. The van der Waals surface area contributed by atoms with Gasteiger partial charge >= 0.3 is 6.03 Å². The number of hydrogen-bond acceptors (Lipinski definition) is 5. The van der Waals surface area contributed by atoms with Gasteiger partial charge in [0.2, 0.25) is 5.91 Å². The molecule has 1 spiro atoms. The molecule has 1 aliphatic carbocycles. The summed E-state index contributed by atoms with van der Waals surface area (Å²) in [6, 6.07) is 7.38. The van der Waals surface area contributed by atoms with Gasteiger partial charge in [-0.05, 0) is 25.0 Å². The molecule has 0 aromatic heterocycles. The van der Waals surface area contributed by atoms with Gasteiger partial charge in [0.05, 0.1) is 12.8 Å². The topological polar surface area (TPSA) is 82.2 Å². The Morgan fingerprint density at radius 1 is 1.11 bits per heavy atom. The number of nitrogens with one attached hydrogen (secondary N) is 1. The number of anilines is 1. The first-order chi connectivity index (χ1) is 13.5. The zero-order chi connectivity index (χ0) is 19.7. The van der Waals surface area contributed by atoms with Gasteiger partial charge in [-0.2, -0.15) is 0 Å². The average molecular weight is 386 g/mol. The quantitative estimate of drug-likeness (QED) is 0.787. The van der Waals surface area contributed by atoms with Gasteiger partial charge in [-0.1, -0.05) is 25.0 Å². The summed E-state index contributed by atoms with van der Waals surface area (Å²) in [4.78, 5) is 42.7. The van der Waals surface area contributed by atoms with Gasteiger partial charge in [-0.3, -0.25) is 14.5 Å². The van der Waals surface area contributed by atoms with Crippen LogP contribution in [0.4, 0.5) is 10.5 Å². The van der Waals surface area contributed by atoms with E-state index >= 15 is 0 Å². The lowest BCUT2D eigenvalue weighted by molar-refractivity contribution is -0.139. The van der Waals surface area contributed by atoms with Gasteiger partial charge in [0.25, 0.3) is 5.91 Å². The maximum absolute atomic E-state index is 12.7. The molecule has 2 heterocycles. The Hall–Kier alpha value is -2.77. The smallest absolute Gasteiger partial charge is 0.325 e. The predicted molar refractivity (Wildman–Crippen MR) is 103 cm³/mol. The van der Waals surface area contributed by atoms with Crippen molar-refractivity contribution in [3.05, 3.63) is 24.3 Å². The van der Waals surface area contributed by atoms with Crippen LogP contribution < -0.4 is 15.0 Å².